The lowest BCUT2D eigenvalue weighted by Crippen LogP contribution is -2.58. The minimum Gasteiger partial charge on any atom is -0.339 e. The summed E-state index contributed by atoms with van der Waals surface area (Å²) in [6, 6.07) is 11.6. The molecule has 1 fully saturated rings. The Morgan fingerprint density at radius 2 is 1.86 bits per heavy atom. The van der Waals surface area contributed by atoms with Gasteiger partial charge in [0.05, 0.1) is 11.9 Å². The molecule has 5 nitrogen and oxygen atoms in total. The van der Waals surface area contributed by atoms with Gasteiger partial charge in [0.25, 0.3) is 5.91 Å². The summed E-state index contributed by atoms with van der Waals surface area (Å²) < 4.78 is 0. The smallest absolute Gasteiger partial charge is 0.254 e. The molecule has 1 aliphatic rings. The average Bonchev–Trinajstić information content (AvgIpc) is 2.53. The molecule has 21 heavy (non-hydrogen) atoms. The highest BCUT2D eigenvalue weighted by molar-refractivity contribution is 6.08. The Morgan fingerprint density at radius 1 is 1.10 bits per heavy atom. The van der Waals surface area contributed by atoms with E-state index in [1.165, 1.54) is 4.90 Å². The SMILES string of the molecule is CC1C(=O)NC(c2ccccc2)C(=O)N1c1cccnc1. The first-order valence-corrected chi connectivity index (χ1v) is 6.77. The van der Waals surface area contributed by atoms with Crippen molar-refractivity contribution in [3.8, 4) is 0 Å². The molecule has 2 amide bonds. The second kappa shape index (κ2) is 5.36. The van der Waals surface area contributed by atoms with Crippen LogP contribution in [0.2, 0.25) is 0 Å². The van der Waals surface area contributed by atoms with Gasteiger partial charge < -0.3 is 5.32 Å². The summed E-state index contributed by atoms with van der Waals surface area (Å²) in [6.07, 6.45) is 3.23. The fourth-order valence-corrected chi connectivity index (χ4v) is 2.49. The van der Waals surface area contributed by atoms with Crippen molar-refractivity contribution in [2.75, 3.05) is 4.90 Å². The van der Waals surface area contributed by atoms with E-state index in [0.29, 0.717) is 5.69 Å². The number of piperazine rings is 1. The number of nitrogens with zero attached hydrogens (tertiary/aromatic N) is 2. The number of rotatable bonds is 2. The first-order chi connectivity index (χ1) is 10.2. The van der Waals surface area contributed by atoms with Gasteiger partial charge >= 0.3 is 0 Å². The fraction of sp³-hybridized carbons (Fsp3) is 0.188. The van der Waals surface area contributed by atoms with E-state index in [1.807, 2.05) is 30.3 Å². The van der Waals surface area contributed by atoms with Crippen LogP contribution in [0.3, 0.4) is 0 Å². The molecule has 1 saturated heterocycles. The quantitative estimate of drug-likeness (QED) is 0.911. The lowest BCUT2D eigenvalue weighted by atomic mass is 10.0. The van der Waals surface area contributed by atoms with Crippen molar-refractivity contribution in [1.29, 1.82) is 0 Å². The molecule has 1 aliphatic heterocycles. The summed E-state index contributed by atoms with van der Waals surface area (Å²) in [5.41, 5.74) is 1.41. The van der Waals surface area contributed by atoms with Crippen molar-refractivity contribution in [2.24, 2.45) is 0 Å². The first-order valence-electron chi connectivity index (χ1n) is 6.77. The highest BCUT2D eigenvalue weighted by Crippen LogP contribution is 2.26. The van der Waals surface area contributed by atoms with Gasteiger partial charge in [-0.3, -0.25) is 19.5 Å². The van der Waals surface area contributed by atoms with E-state index in [1.54, 1.807) is 31.5 Å². The summed E-state index contributed by atoms with van der Waals surface area (Å²) in [5.74, 6) is -0.325. The zero-order valence-electron chi connectivity index (χ0n) is 11.6. The Kier molecular flexibility index (Phi) is 3.39. The van der Waals surface area contributed by atoms with Crippen molar-refractivity contribution >= 4 is 17.5 Å². The van der Waals surface area contributed by atoms with Crippen molar-refractivity contribution in [3.63, 3.8) is 0 Å². The molecule has 0 spiro atoms. The lowest BCUT2D eigenvalue weighted by molar-refractivity contribution is -0.133. The number of hydrogen-bond donors (Lipinski definition) is 1. The molecule has 5 heteroatoms. The summed E-state index contributed by atoms with van der Waals surface area (Å²) in [5, 5.41) is 2.78. The van der Waals surface area contributed by atoms with E-state index in [2.05, 4.69) is 10.3 Å². The molecule has 1 N–H and O–H groups in total. The van der Waals surface area contributed by atoms with Crippen molar-refractivity contribution < 1.29 is 9.59 Å². The van der Waals surface area contributed by atoms with Crippen molar-refractivity contribution in [3.05, 3.63) is 60.4 Å². The van der Waals surface area contributed by atoms with E-state index >= 15 is 0 Å². The van der Waals surface area contributed by atoms with Gasteiger partial charge in [-0.05, 0) is 24.6 Å². The Hall–Kier alpha value is -2.69. The van der Waals surface area contributed by atoms with E-state index in [9.17, 15) is 9.59 Å². The van der Waals surface area contributed by atoms with E-state index in [4.69, 9.17) is 0 Å². The first kappa shape index (κ1) is 13.3. The normalized spacial score (nSPS) is 22.0. The maximum atomic E-state index is 12.8. The molecule has 2 aromatic rings. The van der Waals surface area contributed by atoms with Gasteiger partial charge in [-0.15, -0.1) is 0 Å². The summed E-state index contributed by atoms with van der Waals surface area (Å²) in [6.45, 7) is 1.71. The van der Waals surface area contributed by atoms with Gasteiger partial charge in [0.2, 0.25) is 5.91 Å². The van der Waals surface area contributed by atoms with Crippen LogP contribution in [0, 0.1) is 0 Å². The molecule has 0 bridgehead atoms. The molecule has 0 saturated carbocycles. The van der Waals surface area contributed by atoms with Gasteiger partial charge in [0, 0.05) is 6.20 Å². The number of hydrogen-bond acceptors (Lipinski definition) is 3. The number of carbonyl (C=O) groups is 2. The van der Waals surface area contributed by atoms with Crippen LogP contribution in [0.25, 0.3) is 0 Å². The average molecular weight is 281 g/mol. The second-order valence-electron chi connectivity index (χ2n) is 4.95. The molecular formula is C16H15N3O2. The number of aromatic nitrogens is 1. The predicted molar refractivity (Wildman–Crippen MR) is 78.5 cm³/mol. The van der Waals surface area contributed by atoms with Gasteiger partial charge in [-0.25, -0.2) is 0 Å². The third kappa shape index (κ3) is 2.38. The van der Waals surface area contributed by atoms with Crippen LogP contribution in [0.4, 0.5) is 5.69 Å². The van der Waals surface area contributed by atoms with Gasteiger partial charge in [-0.2, -0.15) is 0 Å². The van der Waals surface area contributed by atoms with E-state index in [0.717, 1.165) is 5.56 Å². The molecule has 1 aromatic carbocycles. The fourth-order valence-electron chi connectivity index (χ4n) is 2.49. The molecule has 1 aromatic heterocycles. The number of nitrogens with one attached hydrogen (secondary N) is 1. The number of benzene rings is 1. The number of anilines is 1. The Labute approximate surface area is 122 Å². The van der Waals surface area contributed by atoms with Crippen LogP contribution in [-0.2, 0) is 9.59 Å². The molecule has 0 aliphatic carbocycles. The van der Waals surface area contributed by atoms with E-state index < -0.39 is 12.1 Å². The molecule has 2 atom stereocenters. The minimum absolute atomic E-state index is 0.152. The Balaban J connectivity index is 2.00. The number of carbonyl (C=O) groups excluding carboxylic acids is 2. The third-order valence-electron chi connectivity index (χ3n) is 3.59. The van der Waals surface area contributed by atoms with Crippen LogP contribution in [0.1, 0.15) is 18.5 Å². The molecule has 3 rings (SSSR count). The van der Waals surface area contributed by atoms with Gasteiger partial charge in [0.1, 0.15) is 12.1 Å². The lowest BCUT2D eigenvalue weighted by Gasteiger charge is -2.37. The molecule has 2 heterocycles. The second-order valence-corrected chi connectivity index (χ2v) is 4.95. The van der Waals surface area contributed by atoms with Gasteiger partial charge in [-0.1, -0.05) is 30.3 Å². The van der Waals surface area contributed by atoms with Crippen LogP contribution in [-0.4, -0.2) is 22.8 Å². The van der Waals surface area contributed by atoms with Crippen LogP contribution in [0.15, 0.2) is 54.9 Å². The largest absolute Gasteiger partial charge is 0.339 e. The highest BCUT2D eigenvalue weighted by atomic mass is 16.2. The number of pyridine rings is 1. The van der Waals surface area contributed by atoms with Crippen LogP contribution >= 0.6 is 0 Å². The summed E-state index contributed by atoms with van der Waals surface area (Å²) >= 11 is 0. The summed E-state index contributed by atoms with van der Waals surface area (Å²) in [4.78, 5) is 30.5. The zero-order chi connectivity index (χ0) is 14.8. The highest BCUT2D eigenvalue weighted by Gasteiger charge is 2.39. The molecule has 2 unspecified atom stereocenters. The van der Waals surface area contributed by atoms with Crippen LogP contribution < -0.4 is 10.2 Å². The molecular weight excluding hydrogens is 266 g/mol. The van der Waals surface area contributed by atoms with Crippen molar-refractivity contribution in [2.45, 2.75) is 19.0 Å². The van der Waals surface area contributed by atoms with Gasteiger partial charge in [0.15, 0.2) is 0 Å². The molecule has 106 valence electrons. The Bertz CT molecular complexity index is 658. The topological polar surface area (TPSA) is 62.3 Å². The number of amides is 2. The van der Waals surface area contributed by atoms with E-state index in [-0.39, 0.29) is 11.8 Å². The standard InChI is InChI=1S/C16H15N3O2/c1-11-15(20)18-14(12-6-3-2-4-7-12)16(21)19(11)13-8-5-9-17-10-13/h2-11,14H,1H3,(H,18,20). The Morgan fingerprint density at radius 3 is 2.52 bits per heavy atom. The maximum Gasteiger partial charge on any atom is 0.254 e. The predicted octanol–water partition coefficient (Wildman–Crippen LogP) is 1.67. The minimum atomic E-state index is -0.657. The van der Waals surface area contributed by atoms with Crippen molar-refractivity contribution in [1.82, 2.24) is 10.3 Å². The zero-order valence-corrected chi connectivity index (χ0v) is 11.6. The van der Waals surface area contributed by atoms with Crippen LogP contribution in [0.5, 0.6) is 0 Å². The monoisotopic (exact) mass is 281 g/mol. The third-order valence-corrected chi connectivity index (χ3v) is 3.59. The maximum absolute atomic E-state index is 12.8. The molecule has 0 radical (unpaired) electrons. The summed E-state index contributed by atoms with van der Waals surface area (Å²) in [7, 11) is 0.